The van der Waals surface area contributed by atoms with Gasteiger partial charge in [-0.2, -0.15) is 18.2 Å². The number of aryl methyl sites for hydroxylation is 1. The number of alkyl halides is 3. The molecule has 0 aliphatic carbocycles. The van der Waals surface area contributed by atoms with Crippen LogP contribution in [0.4, 0.5) is 24.5 Å². The van der Waals surface area contributed by atoms with Crippen LogP contribution in [0.3, 0.4) is 0 Å². The maximum Gasteiger partial charge on any atom is 0.416 e. The van der Waals surface area contributed by atoms with Gasteiger partial charge in [-0.3, -0.25) is 15.0 Å². The summed E-state index contributed by atoms with van der Waals surface area (Å²) < 4.78 is 43.9. The van der Waals surface area contributed by atoms with Crippen LogP contribution >= 0.6 is 0 Å². The van der Waals surface area contributed by atoms with Crippen LogP contribution in [0.15, 0.2) is 22.7 Å². The second-order valence-corrected chi connectivity index (χ2v) is 6.93. The van der Waals surface area contributed by atoms with Gasteiger partial charge in [-0.05, 0) is 18.6 Å². The Balaban J connectivity index is 1.63. The molecule has 1 fully saturated rings. The highest BCUT2D eigenvalue weighted by Crippen LogP contribution is 2.36. The Bertz CT molecular complexity index is 848. The zero-order valence-corrected chi connectivity index (χ0v) is 16.0. The summed E-state index contributed by atoms with van der Waals surface area (Å²) in [6.45, 7) is 4.60. The monoisotopic (exact) mass is 413 g/mol. The number of nitro groups is 1. The van der Waals surface area contributed by atoms with Crippen molar-refractivity contribution in [3.8, 4) is 0 Å². The molecule has 3 rings (SSSR count). The first-order valence-corrected chi connectivity index (χ1v) is 9.42. The predicted molar refractivity (Wildman–Crippen MR) is 98.5 cm³/mol. The van der Waals surface area contributed by atoms with Crippen molar-refractivity contribution in [1.29, 1.82) is 0 Å². The van der Waals surface area contributed by atoms with Gasteiger partial charge in [-0.15, -0.1) is 0 Å². The number of halogens is 3. The van der Waals surface area contributed by atoms with E-state index in [4.69, 9.17) is 4.52 Å². The molecule has 0 unspecified atom stereocenters. The van der Waals surface area contributed by atoms with Crippen LogP contribution in [0.1, 0.15) is 37.0 Å². The minimum absolute atomic E-state index is 0.197. The van der Waals surface area contributed by atoms with Gasteiger partial charge >= 0.3 is 6.18 Å². The Morgan fingerprint density at radius 2 is 1.97 bits per heavy atom. The lowest BCUT2D eigenvalue weighted by atomic mass is 10.1. The van der Waals surface area contributed by atoms with Crippen molar-refractivity contribution in [1.82, 2.24) is 15.0 Å². The molecule has 0 N–H and O–H groups in total. The second kappa shape index (κ2) is 8.76. The van der Waals surface area contributed by atoms with E-state index in [1.807, 2.05) is 0 Å². The molecule has 29 heavy (non-hydrogen) atoms. The van der Waals surface area contributed by atoms with Gasteiger partial charge in [0.05, 0.1) is 17.0 Å². The number of nitrogens with zero attached hydrogens (tertiary/aromatic N) is 5. The first-order valence-electron chi connectivity index (χ1n) is 9.42. The fraction of sp³-hybridized carbons (Fsp3) is 0.556. The molecule has 0 spiro atoms. The van der Waals surface area contributed by atoms with Crippen molar-refractivity contribution in [2.24, 2.45) is 0 Å². The van der Waals surface area contributed by atoms with E-state index in [-0.39, 0.29) is 5.69 Å². The predicted octanol–water partition coefficient (Wildman–Crippen LogP) is 3.66. The summed E-state index contributed by atoms with van der Waals surface area (Å²) in [6, 6.07) is 2.65. The number of rotatable bonds is 7. The first-order chi connectivity index (χ1) is 13.8. The highest BCUT2D eigenvalue weighted by atomic mass is 19.4. The van der Waals surface area contributed by atoms with Crippen molar-refractivity contribution in [3.05, 3.63) is 45.6 Å². The summed E-state index contributed by atoms with van der Waals surface area (Å²) in [5.41, 5.74) is -1.37. The number of hydrogen-bond donors (Lipinski definition) is 0. The van der Waals surface area contributed by atoms with Gasteiger partial charge in [0.2, 0.25) is 5.89 Å². The molecule has 0 amide bonds. The largest absolute Gasteiger partial charge is 0.416 e. The van der Waals surface area contributed by atoms with E-state index in [0.717, 1.165) is 25.3 Å². The third kappa shape index (κ3) is 5.22. The number of anilines is 1. The number of piperazine rings is 1. The Hall–Kier alpha value is -2.69. The third-order valence-electron chi connectivity index (χ3n) is 4.84. The highest BCUT2D eigenvalue weighted by Gasteiger charge is 2.34. The fourth-order valence-corrected chi connectivity index (χ4v) is 3.24. The molecule has 1 aliphatic rings. The van der Waals surface area contributed by atoms with Gasteiger partial charge in [-0.1, -0.05) is 18.5 Å². The van der Waals surface area contributed by atoms with Gasteiger partial charge in [0.1, 0.15) is 5.69 Å². The maximum atomic E-state index is 12.9. The van der Waals surface area contributed by atoms with Crippen LogP contribution in [-0.2, 0) is 19.1 Å². The Morgan fingerprint density at radius 3 is 2.59 bits per heavy atom. The van der Waals surface area contributed by atoms with Crippen molar-refractivity contribution < 1.29 is 22.6 Å². The molecule has 8 nitrogen and oxygen atoms in total. The fourth-order valence-electron chi connectivity index (χ4n) is 3.24. The lowest BCUT2D eigenvalue weighted by Gasteiger charge is -2.35. The molecule has 0 saturated carbocycles. The molecule has 1 aliphatic heterocycles. The number of aromatic nitrogens is 2. The van der Waals surface area contributed by atoms with Crippen LogP contribution in [0.5, 0.6) is 0 Å². The van der Waals surface area contributed by atoms with Gasteiger partial charge in [0.15, 0.2) is 5.82 Å². The van der Waals surface area contributed by atoms with Gasteiger partial charge < -0.3 is 9.42 Å². The maximum absolute atomic E-state index is 12.9. The summed E-state index contributed by atoms with van der Waals surface area (Å²) in [6.07, 6.45) is -1.82. The molecular weight excluding hydrogens is 391 g/mol. The van der Waals surface area contributed by atoms with E-state index in [1.165, 1.54) is 6.07 Å². The minimum Gasteiger partial charge on any atom is -0.363 e. The van der Waals surface area contributed by atoms with E-state index in [1.54, 1.807) is 4.90 Å². The molecule has 158 valence electrons. The van der Waals surface area contributed by atoms with E-state index in [2.05, 4.69) is 22.0 Å². The van der Waals surface area contributed by atoms with Crippen molar-refractivity contribution in [2.45, 2.75) is 38.9 Å². The van der Waals surface area contributed by atoms with Gasteiger partial charge in [-0.25, -0.2) is 0 Å². The van der Waals surface area contributed by atoms with E-state index >= 15 is 0 Å². The molecule has 11 heteroatoms. The van der Waals surface area contributed by atoms with Crippen LogP contribution in [0, 0.1) is 10.1 Å². The van der Waals surface area contributed by atoms with E-state index in [0.29, 0.717) is 50.5 Å². The van der Waals surface area contributed by atoms with Crippen molar-refractivity contribution in [3.63, 3.8) is 0 Å². The van der Waals surface area contributed by atoms with Crippen LogP contribution in [0.2, 0.25) is 0 Å². The summed E-state index contributed by atoms with van der Waals surface area (Å²) in [7, 11) is 0. The molecule has 1 aromatic carbocycles. The van der Waals surface area contributed by atoms with E-state index < -0.39 is 22.4 Å². The zero-order valence-electron chi connectivity index (χ0n) is 16.0. The molecule has 1 aromatic heterocycles. The Morgan fingerprint density at radius 1 is 1.24 bits per heavy atom. The van der Waals surface area contributed by atoms with Crippen LogP contribution in [-0.4, -0.2) is 46.1 Å². The molecule has 0 atom stereocenters. The molecule has 2 aromatic rings. The van der Waals surface area contributed by atoms with Crippen molar-refractivity contribution >= 4 is 11.4 Å². The quantitative estimate of drug-likeness (QED) is 0.506. The average molecular weight is 413 g/mol. The van der Waals surface area contributed by atoms with Gasteiger partial charge in [0, 0.05) is 38.7 Å². The molecular formula is C18H22F3N5O3. The number of nitro benzene ring substituents is 1. The number of benzene rings is 1. The Labute approximate surface area is 165 Å². The highest BCUT2D eigenvalue weighted by molar-refractivity contribution is 5.65. The molecule has 0 bridgehead atoms. The van der Waals surface area contributed by atoms with Crippen LogP contribution < -0.4 is 4.90 Å². The zero-order chi connectivity index (χ0) is 21.0. The normalized spacial score (nSPS) is 15.7. The second-order valence-electron chi connectivity index (χ2n) is 6.93. The van der Waals surface area contributed by atoms with Crippen LogP contribution in [0.25, 0.3) is 0 Å². The summed E-state index contributed by atoms with van der Waals surface area (Å²) in [4.78, 5) is 18.7. The van der Waals surface area contributed by atoms with Gasteiger partial charge in [0.25, 0.3) is 5.69 Å². The number of unbranched alkanes of at least 4 members (excludes halogenated alkanes) is 1. The minimum atomic E-state index is -4.62. The average Bonchev–Trinajstić information content (AvgIpc) is 3.13. The smallest absolute Gasteiger partial charge is 0.363 e. The SMILES string of the molecule is CCCCc1noc(CN2CCN(c3ccc(C(F)(F)F)cc3[N+](=O)[O-])CC2)n1. The standard InChI is InChI=1S/C18H22F3N5O3/c1-2-3-4-16-22-17(29-23-16)12-24-7-9-25(10-8-24)14-6-5-13(18(19,20)21)11-15(14)26(27)28/h5-6,11H,2-4,7-10,12H2,1H3. The first kappa shape index (κ1) is 21.0. The third-order valence-corrected chi connectivity index (χ3v) is 4.84. The number of hydrogen-bond acceptors (Lipinski definition) is 7. The van der Waals surface area contributed by atoms with E-state index in [9.17, 15) is 23.3 Å². The summed E-state index contributed by atoms with van der Waals surface area (Å²) >= 11 is 0. The molecule has 0 radical (unpaired) electrons. The lowest BCUT2D eigenvalue weighted by Crippen LogP contribution is -2.46. The van der Waals surface area contributed by atoms with Crippen molar-refractivity contribution in [2.75, 3.05) is 31.1 Å². The lowest BCUT2D eigenvalue weighted by molar-refractivity contribution is -0.384. The summed E-state index contributed by atoms with van der Waals surface area (Å²) in [5, 5.41) is 15.3. The topological polar surface area (TPSA) is 88.5 Å². The Kier molecular flexibility index (Phi) is 6.36. The molecule has 1 saturated heterocycles. The summed E-state index contributed by atoms with van der Waals surface area (Å²) in [5.74, 6) is 1.20. The molecule has 2 heterocycles.